The number of rotatable bonds is 3. The number of hydrogen-bond acceptors (Lipinski definition) is 2. The van der Waals surface area contributed by atoms with Gasteiger partial charge < -0.3 is 0 Å². The largest absolute Gasteiger partial charge is 0.252 e. The predicted molar refractivity (Wildman–Crippen MR) is 56.2 cm³/mol. The van der Waals surface area contributed by atoms with Crippen molar-refractivity contribution in [2.24, 2.45) is 13.0 Å². The van der Waals surface area contributed by atoms with Crippen LogP contribution in [-0.4, -0.2) is 20.9 Å². The first-order valence-corrected chi connectivity index (χ1v) is 5.78. The Balaban J connectivity index is 1.78. The number of aromatic nitrogens is 3. The molecule has 1 saturated carbocycles. The molecule has 1 fully saturated rings. The molecule has 0 amide bonds. The van der Waals surface area contributed by atoms with Gasteiger partial charge in [-0.25, -0.2) is 8.78 Å². The molecule has 90 valence electrons. The van der Waals surface area contributed by atoms with Gasteiger partial charge in [0.2, 0.25) is 5.92 Å². The maximum Gasteiger partial charge on any atom is 0.248 e. The molecule has 0 saturated heterocycles. The molecular weight excluding hydrogens is 212 g/mol. The van der Waals surface area contributed by atoms with Crippen molar-refractivity contribution in [1.82, 2.24) is 15.0 Å². The SMILES string of the molecule is Cn1nncc1CCC1CCC(F)(F)CC1. The molecule has 0 aromatic carbocycles. The highest BCUT2D eigenvalue weighted by Crippen LogP contribution is 2.37. The van der Waals surface area contributed by atoms with Gasteiger partial charge in [-0.1, -0.05) is 5.21 Å². The van der Waals surface area contributed by atoms with Gasteiger partial charge in [-0.15, -0.1) is 5.10 Å². The quantitative estimate of drug-likeness (QED) is 0.797. The normalized spacial score (nSPS) is 21.2. The first kappa shape index (κ1) is 11.5. The molecule has 2 rings (SSSR count). The van der Waals surface area contributed by atoms with E-state index in [2.05, 4.69) is 10.3 Å². The van der Waals surface area contributed by atoms with Crippen LogP contribution in [0.3, 0.4) is 0 Å². The fourth-order valence-corrected chi connectivity index (χ4v) is 2.28. The monoisotopic (exact) mass is 229 g/mol. The first-order chi connectivity index (χ1) is 7.57. The lowest BCUT2D eigenvalue weighted by Gasteiger charge is -2.28. The van der Waals surface area contributed by atoms with Crippen molar-refractivity contribution < 1.29 is 8.78 Å². The van der Waals surface area contributed by atoms with Crippen molar-refractivity contribution in [3.05, 3.63) is 11.9 Å². The van der Waals surface area contributed by atoms with Gasteiger partial charge in [-0.3, -0.25) is 4.68 Å². The standard InChI is InChI=1S/C11H17F2N3/c1-16-10(8-14-15-16)3-2-9-4-6-11(12,13)7-5-9/h8-9H,2-7H2,1H3. The average molecular weight is 229 g/mol. The Kier molecular flexibility index (Phi) is 3.21. The second-order valence-corrected chi connectivity index (χ2v) is 4.69. The minimum Gasteiger partial charge on any atom is -0.252 e. The van der Waals surface area contributed by atoms with E-state index in [1.165, 1.54) is 0 Å². The summed E-state index contributed by atoms with van der Waals surface area (Å²) in [6, 6.07) is 0. The molecule has 16 heavy (non-hydrogen) atoms. The maximum absolute atomic E-state index is 12.9. The number of halogens is 2. The van der Waals surface area contributed by atoms with Crippen molar-refractivity contribution in [2.75, 3.05) is 0 Å². The molecular formula is C11H17F2N3. The second-order valence-electron chi connectivity index (χ2n) is 4.69. The smallest absolute Gasteiger partial charge is 0.248 e. The summed E-state index contributed by atoms with van der Waals surface area (Å²) >= 11 is 0. The lowest BCUT2D eigenvalue weighted by Crippen LogP contribution is -2.24. The first-order valence-electron chi connectivity index (χ1n) is 5.78. The lowest BCUT2D eigenvalue weighted by molar-refractivity contribution is -0.0464. The average Bonchev–Trinajstić information content (AvgIpc) is 2.63. The van der Waals surface area contributed by atoms with Crippen LogP contribution in [0.2, 0.25) is 0 Å². The fourth-order valence-electron chi connectivity index (χ4n) is 2.28. The summed E-state index contributed by atoms with van der Waals surface area (Å²) in [5.74, 6) is -1.97. The van der Waals surface area contributed by atoms with E-state index in [4.69, 9.17) is 0 Å². The molecule has 0 aliphatic heterocycles. The van der Waals surface area contributed by atoms with Crippen LogP contribution in [0.25, 0.3) is 0 Å². The van der Waals surface area contributed by atoms with Crippen LogP contribution < -0.4 is 0 Å². The molecule has 0 unspecified atom stereocenters. The lowest BCUT2D eigenvalue weighted by atomic mass is 9.84. The van der Waals surface area contributed by atoms with Crippen molar-refractivity contribution in [2.45, 2.75) is 44.4 Å². The van der Waals surface area contributed by atoms with E-state index in [1.807, 2.05) is 7.05 Å². The van der Waals surface area contributed by atoms with E-state index in [0.29, 0.717) is 18.8 Å². The van der Waals surface area contributed by atoms with Gasteiger partial charge in [0, 0.05) is 19.9 Å². The molecule has 1 aromatic rings. The molecule has 5 heteroatoms. The minimum absolute atomic E-state index is 0.0568. The van der Waals surface area contributed by atoms with E-state index in [9.17, 15) is 8.78 Å². The summed E-state index contributed by atoms with van der Waals surface area (Å²) in [6.07, 6.45) is 5.02. The van der Waals surface area contributed by atoms with E-state index >= 15 is 0 Å². The predicted octanol–water partition coefficient (Wildman–Crippen LogP) is 2.57. The molecule has 0 N–H and O–H groups in total. The van der Waals surface area contributed by atoms with Crippen LogP contribution in [-0.2, 0) is 13.5 Å². The number of hydrogen-bond donors (Lipinski definition) is 0. The molecule has 1 heterocycles. The molecule has 0 bridgehead atoms. The van der Waals surface area contributed by atoms with Crippen LogP contribution in [0.1, 0.15) is 37.8 Å². The summed E-state index contributed by atoms with van der Waals surface area (Å²) < 4.78 is 27.6. The highest BCUT2D eigenvalue weighted by molar-refractivity contribution is 4.94. The third-order valence-electron chi connectivity index (χ3n) is 3.45. The molecule has 1 aliphatic rings. The van der Waals surface area contributed by atoms with Gasteiger partial charge in [-0.05, 0) is 31.6 Å². The van der Waals surface area contributed by atoms with E-state index in [1.54, 1.807) is 10.9 Å². The van der Waals surface area contributed by atoms with Crippen molar-refractivity contribution in [3.8, 4) is 0 Å². The topological polar surface area (TPSA) is 30.7 Å². The Morgan fingerprint density at radius 1 is 1.44 bits per heavy atom. The van der Waals surface area contributed by atoms with Gasteiger partial charge >= 0.3 is 0 Å². The Bertz CT molecular complexity index is 339. The maximum atomic E-state index is 12.9. The molecule has 3 nitrogen and oxygen atoms in total. The van der Waals surface area contributed by atoms with E-state index in [0.717, 1.165) is 18.5 Å². The fraction of sp³-hybridized carbons (Fsp3) is 0.818. The Morgan fingerprint density at radius 2 is 2.12 bits per heavy atom. The zero-order valence-corrected chi connectivity index (χ0v) is 9.49. The van der Waals surface area contributed by atoms with Gasteiger partial charge in [0.05, 0.1) is 11.9 Å². The molecule has 1 aliphatic carbocycles. The van der Waals surface area contributed by atoms with Crippen LogP contribution >= 0.6 is 0 Å². The van der Waals surface area contributed by atoms with Gasteiger partial charge in [0.15, 0.2) is 0 Å². The highest BCUT2D eigenvalue weighted by atomic mass is 19.3. The zero-order valence-electron chi connectivity index (χ0n) is 9.49. The Morgan fingerprint density at radius 3 is 2.69 bits per heavy atom. The second kappa shape index (κ2) is 4.47. The van der Waals surface area contributed by atoms with Crippen molar-refractivity contribution >= 4 is 0 Å². The van der Waals surface area contributed by atoms with E-state index < -0.39 is 5.92 Å². The van der Waals surface area contributed by atoms with Crippen LogP contribution in [0.5, 0.6) is 0 Å². The van der Waals surface area contributed by atoms with Crippen LogP contribution in [0, 0.1) is 5.92 Å². The van der Waals surface area contributed by atoms with Crippen LogP contribution in [0.4, 0.5) is 8.78 Å². The zero-order chi connectivity index (χ0) is 11.6. The van der Waals surface area contributed by atoms with Crippen LogP contribution in [0.15, 0.2) is 6.20 Å². The highest BCUT2D eigenvalue weighted by Gasteiger charge is 2.34. The van der Waals surface area contributed by atoms with Gasteiger partial charge in [-0.2, -0.15) is 0 Å². The van der Waals surface area contributed by atoms with E-state index in [-0.39, 0.29) is 12.8 Å². The third kappa shape index (κ3) is 2.77. The van der Waals surface area contributed by atoms with Gasteiger partial charge in [0.25, 0.3) is 0 Å². The minimum atomic E-state index is -2.41. The number of aryl methyl sites for hydroxylation is 2. The Hall–Kier alpha value is -1.00. The van der Waals surface area contributed by atoms with Gasteiger partial charge in [0.1, 0.15) is 0 Å². The summed E-state index contributed by atoms with van der Waals surface area (Å²) in [6.45, 7) is 0. The molecule has 0 spiro atoms. The number of alkyl halides is 2. The molecule has 0 atom stereocenters. The third-order valence-corrected chi connectivity index (χ3v) is 3.45. The molecule has 1 aromatic heterocycles. The van der Waals surface area contributed by atoms with Crippen molar-refractivity contribution in [1.29, 1.82) is 0 Å². The summed E-state index contributed by atoms with van der Waals surface area (Å²) in [7, 11) is 1.86. The summed E-state index contributed by atoms with van der Waals surface area (Å²) in [5.41, 5.74) is 1.08. The van der Waals surface area contributed by atoms with Crippen molar-refractivity contribution in [3.63, 3.8) is 0 Å². The summed E-state index contributed by atoms with van der Waals surface area (Å²) in [4.78, 5) is 0. The Labute approximate surface area is 93.8 Å². The molecule has 0 radical (unpaired) electrons. The summed E-state index contributed by atoms with van der Waals surface area (Å²) in [5, 5.41) is 7.65. The number of nitrogens with zero attached hydrogens (tertiary/aromatic N) is 3.